The molecule has 0 amide bonds. The fraction of sp³-hybridized carbons (Fsp3) is 0.100. The number of fused-ring (bicyclic) bond motifs is 1. The molecule has 3 aromatic heterocycles. The van der Waals surface area contributed by atoms with Crippen LogP contribution in [0.5, 0.6) is 0 Å². The van der Waals surface area contributed by atoms with Gasteiger partial charge in [-0.1, -0.05) is 0 Å². The maximum Gasteiger partial charge on any atom is 0.156 e. The summed E-state index contributed by atoms with van der Waals surface area (Å²) in [5.41, 5.74) is 1.84. The minimum absolute atomic E-state index is 0.771. The first-order valence-corrected chi connectivity index (χ1v) is 4.87. The molecule has 0 spiro atoms. The zero-order valence-electron chi connectivity index (χ0n) is 8.70. The molecule has 1 N–H and O–H groups in total. The monoisotopic (exact) mass is 214 g/mol. The van der Waals surface area contributed by atoms with Crippen molar-refractivity contribution >= 4 is 17.0 Å². The third-order valence-electron chi connectivity index (χ3n) is 2.29. The summed E-state index contributed by atoms with van der Waals surface area (Å²) in [6.07, 6.45) is 8.90. The summed E-state index contributed by atoms with van der Waals surface area (Å²) in [6.45, 7) is 0. The lowest BCUT2D eigenvalue weighted by atomic mass is 10.4. The van der Waals surface area contributed by atoms with Crippen LogP contribution >= 0.6 is 0 Å². The number of hydrogen-bond donors (Lipinski definition) is 1. The Morgan fingerprint density at radius 1 is 1.25 bits per heavy atom. The zero-order valence-corrected chi connectivity index (χ0v) is 8.70. The Morgan fingerprint density at radius 2 is 2.19 bits per heavy atom. The van der Waals surface area contributed by atoms with Crippen LogP contribution in [0.1, 0.15) is 0 Å². The first-order valence-electron chi connectivity index (χ1n) is 4.87. The van der Waals surface area contributed by atoms with Crippen molar-refractivity contribution in [1.82, 2.24) is 24.4 Å². The third kappa shape index (κ3) is 1.40. The summed E-state index contributed by atoms with van der Waals surface area (Å²) in [5, 5.41) is 11.4. The van der Waals surface area contributed by atoms with Crippen molar-refractivity contribution in [1.29, 1.82) is 0 Å². The van der Waals surface area contributed by atoms with Crippen LogP contribution in [0.2, 0.25) is 0 Å². The number of nitrogens with one attached hydrogen (secondary N) is 1. The molecule has 6 nitrogen and oxygen atoms in total. The van der Waals surface area contributed by atoms with Crippen molar-refractivity contribution in [2.24, 2.45) is 7.05 Å². The Balaban J connectivity index is 2.03. The van der Waals surface area contributed by atoms with Gasteiger partial charge in [0.05, 0.1) is 18.1 Å². The molecule has 80 valence electrons. The van der Waals surface area contributed by atoms with Crippen molar-refractivity contribution in [3.05, 3.63) is 37.1 Å². The van der Waals surface area contributed by atoms with Crippen molar-refractivity contribution < 1.29 is 0 Å². The Hall–Kier alpha value is -2.37. The summed E-state index contributed by atoms with van der Waals surface area (Å²) < 4.78 is 3.50. The quantitative estimate of drug-likeness (QED) is 0.696. The second-order valence-corrected chi connectivity index (χ2v) is 3.46. The van der Waals surface area contributed by atoms with E-state index >= 15 is 0 Å². The highest BCUT2D eigenvalue weighted by Crippen LogP contribution is 2.17. The zero-order chi connectivity index (χ0) is 11.0. The molecule has 6 heteroatoms. The van der Waals surface area contributed by atoms with Gasteiger partial charge in [0.1, 0.15) is 5.52 Å². The standard InChI is InChI=1S/C10H10N6/c1-15-7-8(6-13-15)14-10-9-2-3-12-16(9)5-4-11-10/h2-7H,1H3,(H,11,14). The number of rotatable bonds is 2. The molecule has 0 atom stereocenters. The van der Waals surface area contributed by atoms with Gasteiger partial charge < -0.3 is 5.32 Å². The van der Waals surface area contributed by atoms with Crippen molar-refractivity contribution in [2.45, 2.75) is 0 Å². The van der Waals surface area contributed by atoms with E-state index in [0.717, 1.165) is 17.0 Å². The fourth-order valence-corrected chi connectivity index (χ4v) is 1.58. The Bertz CT molecular complexity index is 623. The molecule has 0 bridgehead atoms. The number of nitrogens with zero attached hydrogens (tertiary/aromatic N) is 5. The lowest BCUT2D eigenvalue weighted by Gasteiger charge is -2.03. The largest absolute Gasteiger partial charge is 0.336 e. The second kappa shape index (κ2) is 3.34. The molecule has 0 aliphatic rings. The highest BCUT2D eigenvalue weighted by atomic mass is 15.3. The van der Waals surface area contributed by atoms with Gasteiger partial charge >= 0.3 is 0 Å². The Kier molecular flexibility index (Phi) is 1.86. The molecular formula is C10H10N6. The topological polar surface area (TPSA) is 60.0 Å². The molecule has 0 radical (unpaired) electrons. The van der Waals surface area contributed by atoms with E-state index in [2.05, 4.69) is 20.5 Å². The molecule has 0 saturated carbocycles. The van der Waals surface area contributed by atoms with E-state index < -0.39 is 0 Å². The summed E-state index contributed by atoms with van der Waals surface area (Å²) in [4.78, 5) is 4.27. The van der Waals surface area contributed by atoms with Crippen LogP contribution in [0, 0.1) is 0 Å². The first kappa shape index (κ1) is 8.90. The molecule has 0 aliphatic carbocycles. The van der Waals surface area contributed by atoms with Gasteiger partial charge in [0.25, 0.3) is 0 Å². The van der Waals surface area contributed by atoms with Crippen molar-refractivity contribution in [2.75, 3.05) is 5.32 Å². The second-order valence-electron chi connectivity index (χ2n) is 3.46. The highest BCUT2D eigenvalue weighted by molar-refractivity contribution is 5.72. The van der Waals surface area contributed by atoms with Crippen molar-refractivity contribution in [3.63, 3.8) is 0 Å². The predicted octanol–water partition coefficient (Wildman–Crippen LogP) is 1.21. The summed E-state index contributed by atoms with van der Waals surface area (Å²) in [7, 11) is 1.87. The van der Waals surface area contributed by atoms with Crippen LogP contribution in [-0.2, 0) is 7.05 Å². The average Bonchev–Trinajstić information content (AvgIpc) is 2.87. The van der Waals surface area contributed by atoms with Gasteiger partial charge in [-0.15, -0.1) is 0 Å². The number of anilines is 2. The lowest BCUT2D eigenvalue weighted by molar-refractivity contribution is 0.768. The van der Waals surface area contributed by atoms with Crippen LogP contribution in [0.15, 0.2) is 37.1 Å². The fourth-order valence-electron chi connectivity index (χ4n) is 1.58. The van der Waals surface area contributed by atoms with E-state index in [9.17, 15) is 0 Å². The molecule has 0 aromatic carbocycles. The lowest BCUT2D eigenvalue weighted by Crippen LogP contribution is -1.96. The van der Waals surface area contributed by atoms with Gasteiger partial charge in [-0.2, -0.15) is 10.2 Å². The third-order valence-corrected chi connectivity index (χ3v) is 2.29. The minimum Gasteiger partial charge on any atom is -0.336 e. The number of hydrogen-bond acceptors (Lipinski definition) is 4. The number of aryl methyl sites for hydroxylation is 1. The van der Waals surface area contributed by atoms with E-state index in [1.807, 2.05) is 25.5 Å². The van der Waals surface area contributed by atoms with E-state index in [1.54, 1.807) is 27.8 Å². The van der Waals surface area contributed by atoms with E-state index in [4.69, 9.17) is 0 Å². The molecule has 3 rings (SSSR count). The normalized spacial score (nSPS) is 10.8. The van der Waals surface area contributed by atoms with E-state index in [0.29, 0.717) is 0 Å². The van der Waals surface area contributed by atoms with Crippen molar-refractivity contribution in [3.8, 4) is 0 Å². The maximum absolute atomic E-state index is 4.27. The van der Waals surface area contributed by atoms with Gasteiger partial charge in [-0.3, -0.25) is 4.68 Å². The van der Waals surface area contributed by atoms with Gasteiger partial charge in [0, 0.05) is 25.6 Å². The van der Waals surface area contributed by atoms with Crippen LogP contribution in [0.4, 0.5) is 11.5 Å². The van der Waals surface area contributed by atoms with Crippen LogP contribution < -0.4 is 5.32 Å². The molecule has 0 saturated heterocycles. The van der Waals surface area contributed by atoms with Crippen LogP contribution in [0.3, 0.4) is 0 Å². The van der Waals surface area contributed by atoms with Crippen LogP contribution in [-0.4, -0.2) is 24.4 Å². The van der Waals surface area contributed by atoms with Gasteiger partial charge in [-0.05, 0) is 6.07 Å². The molecule has 3 heterocycles. The maximum atomic E-state index is 4.27. The Morgan fingerprint density at radius 3 is 3.00 bits per heavy atom. The molecule has 0 fully saturated rings. The number of aromatic nitrogens is 5. The minimum atomic E-state index is 0.771. The SMILES string of the molecule is Cn1cc(Nc2nccn3nccc23)cn1. The van der Waals surface area contributed by atoms with Crippen LogP contribution in [0.25, 0.3) is 5.52 Å². The molecule has 0 unspecified atom stereocenters. The van der Waals surface area contributed by atoms with Gasteiger partial charge in [0.15, 0.2) is 5.82 Å². The summed E-state index contributed by atoms with van der Waals surface area (Å²) in [6, 6.07) is 1.91. The molecule has 16 heavy (non-hydrogen) atoms. The van der Waals surface area contributed by atoms with E-state index in [1.165, 1.54) is 0 Å². The highest BCUT2D eigenvalue weighted by Gasteiger charge is 2.03. The van der Waals surface area contributed by atoms with Gasteiger partial charge in [0.2, 0.25) is 0 Å². The molecule has 0 aliphatic heterocycles. The summed E-state index contributed by atoms with van der Waals surface area (Å²) >= 11 is 0. The Labute approximate surface area is 91.5 Å². The van der Waals surface area contributed by atoms with Gasteiger partial charge in [-0.25, -0.2) is 9.50 Å². The smallest absolute Gasteiger partial charge is 0.156 e. The summed E-state index contributed by atoms with van der Waals surface area (Å²) in [5.74, 6) is 0.771. The predicted molar refractivity (Wildman–Crippen MR) is 59.5 cm³/mol. The first-order chi connectivity index (χ1) is 7.83. The average molecular weight is 214 g/mol. The molecule has 3 aromatic rings. The molecular weight excluding hydrogens is 204 g/mol. The van der Waals surface area contributed by atoms with E-state index in [-0.39, 0.29) is 0 Å².